The molecular weight excluding hydrogens is 253 g/mol. The van der Waals surface area contributed by atoms with Crippen molar-refractivity contribution in [3.8, 4) is 6.07 Å². The van der Waals surface area contributed by atoms with Crippen LogP contribution in [0.15, 0.2) is 18.2 Å². The first-order valence-corrected chi connectivity index (χ1v) is 6.40. The van der Waals surface area contributed by atoms with Crippen molar-refractivity contribution in [2.75, 3.05) is 0 Å². The summed E-state index contributed by atoms with van der Waals surface area (Å²) >= 11 is 5.82. The predicted octanol–water partition coefficient (Wildman–Crippen LogP) is 3.84. The molecule has 0 radical (unpaired) electrons. The fraction of sp³-hybridized carbons (Fsp3) is 0.500. The summed E-state index contributed by atoms with van der Waals surface area (Å²) in [6.07, 6.45) is 0.951. The smallest absolute Gasteiger partial charge is 0.129 e. The van der Waals surface area contributed by atoms with E-state index >= 15 is 0 Å². The lowest BCUT2D eigenvalue weighted by molar-refractivity contribution is 0.0615. The molecule has 0 saturated heterocycles. The summed E-state index contributed by atoms with van der Waals surface area (Å²) in [5.74, 6) is -0.136. The zero-order valence-corrected chi connectivity index (χ0v) is 10.9. The summed E-state index contributed by atoms with van der Waals surface area (Å²) < 4.78 is 13.7. The van der Waals surface area contributed by atoms with Crippen LogP contribution >= 0.6 is 11.6 Å². The lowest BCUT2D eigenvalue weighted by Crippen LogP contribution is -2.25. The van der Waals surface area contributed by atoms with Crippen LogP contribution in [0.1, 0.15) is 37.9 Å². The van der Waals surface area contributed by atoms with Gasteiger partial charge in [-0.1, -0.05) is 18.5 Å². The first kappa shape index (κ1) is 13.3. The number of nitrogens with zero attached hydrogens (tertiary/aromatic N) is 1. The van der Waals surface area contributed by atoms with E-state index in [4.69, 9.17) is 11.6 Å². The third-order valence-electron chi connectivity index (χ3n) is 3.79. The normalized spacial score (nSPS) is 28.9. The number of aliphatic hydroxyl groups is 1. The van der Waals surface area contributed by atoms with Gasteiger partial charge in [-0.2, -0.15) is 5.26 Å². The van der Waals surface area contributed by atoms with Crippen molar-refractivity contribution in [1.82, 2.24) is 0 Å². The van der Waals surface area contributed by atoms with Crippen molar-refractivity contribution in [3.63, 3.8) is 0 Å². The zero-order chi connectivity index (χ0) is 13.3. The molecular formula is C14H15ClFNO. The summed E-state index contributed by atoms with van der Waals surface area (Å²) in [4.78, 5) is 0. The van der Waals surface area contributed by atoms with Gasteiger partial charge in [0.15, 0.2) is 0 Å². The van der Waals surface area contributed by atoms with Crippen LogP contribution in [0, 0.1) is 28.5 Å². The van der Waals surface area contributed by atoms with Crippen LogP contribution in [0.2, 0.25) is 5.02 Å². The van der Waals surface area contributed by atoms with Gasteiger partial charge >= 0.3 is 0 Å². The van der Waals surface area contributed by atoms with Gasteiger partial charge < -0.3 is 5.11 Å². The van der Waals surface area contributed by atoms with Crippen LogP contribution in [0.25, 0.3) is 0 Å². The molecule has 1 aliphatic carbocycles. The Morgan fingerprint density at radius 1 is 1.61 bits per heavy atom. The fourth-order valence-electron chi connectivity index (χ4n) is 2.76. The molecule has 1 aromatic carbocycles. The fourth-order valence-corrected chi connectivity index (χ4v) is 2.94. The highest BCUT2D eigenvalue weighted by molar-refractivity contribution is 6.30. The average Bonchev–Trinajstić information content (AvgIpc) is 2.74. The maximum atomic E-state index is 13.7. The molecule has 1 saturated carbocycles. The number of halogens is 2. The van der Waals surface area contributed by atoms with E-state index in [-0.39, 0.29) is 5.56 Å². The minimum Gasteiger partial charge on any atom is -0.387 e. The minimum atomic E-state index is -1.12. The van der Waals surface area contributed by atoms with E-state index in [2.05, 4.69) is 6.07 Å². The Bertz CT molecular complexity index is 499. The van der Waals surface area contributed by atoms with Crippen molar-refractivity contribution in [2.24, 2.45) is 11.3 Å². The molecule has 1 aliphatic rings. The van der Waals surface area contributed by atoms with Gasteiger partial charge in [-0.3, -0.25) is 0 Å². The second-order valence-electron chi connectivity index (χ2n) is 5.18. The van der Waals surface area contributed by atoms with Crippen LogP contribution < -0.4 is 0 Å². The predicted molar refractivity (Wildman–Crippen MR) is 67.4 cm³/mol. The second kappa shape index (κ2) is 4.87. The van der Waals surface area contributed by atoms with E-state index in [0.717, 1.165) is 6.42 Å². The summed E-state index contributed by atoms with van der Waals surface area (Å²) in [5.41, 5.74) is -0.761. The molecule has 1 aromatic rings. The average molecular weight is 268 g/mol. The summed E-state index contributed by atoms with van der Waals surface area (Å²) in [7, 11) is 0. The number of benzene rings is 1. The number of hydrogen-bond donors (Lipinski definition) is 1. The molecule has 3 atom stereocenters. The summed E-state index contributed by atoms with van der Waals surface area (Å²) in [6, 6.07) is 6.26. The van der Waals surface area contributed by atoms with Gasteiger partial charge in [-0.15, -0.1) is 0 Å². The third kappa shape index (κ3) is 2.23. The molecule has 0 spiro atoms. The number of aliphatic hydroxyl groups excluding tert-OH is 1. The van der Waals surface area contributed by atoms with E-state index < -0.39 is 17.3 Å². The number of hydrogen-bond acceptors (Lipinski definition) is 2. The van der Waals surface area contributed by atoms with Gasteiger partial charge in [0.2, 0.25) is 0 Å². The van der Waals surface area contributed by atoms with E-state index in [0.29, 0.717) is 23.8 Å². The molecule has 0 amide bonds. The van der Waals surface area contributed by atoms with Crippen molar-refractivity contribution >= 4 is 11.6 Å². The van der Waals surface area contributed by atoms with Crippen molar-refractivity contribution in [2.45, 2.75) is 32.3 Å². The lowest BCUT2D eigenvalue weighted by Gasteiger charge is -2.28. The Kier molecular flexibility index (Phi) is 3.61. The topological polar surface area (TPSA) is 44.0 Å². The van der Waals surface area contributed by atoms with Gasteiger partial charge in [0.25, 0.3) is 0 Å². The van der Waals surface area contributed by atoms with Gasteiger partial charge in [0, 0.05) is 10.6 Å². The molecule has 96 valence electrons. The van der Waals surface area contributed by atoms with E-state index in [9.17, 15) is 14.8 Å². The van der Waals surface area contributed by atoms with Crippen LogP contribution in [-0.2, 0) is 0 Å². The molecule has 0 heterocycles. The Morgan fingerprint density at radius 2 is 2.33 bits per heavy atom. The van der Waals surface area contributed by atoms with Crippen LogP contribution in [0.4, 0.5) is 4.39 Å². The molecule has 4 heteroatoms. The highest BCUT2D eigenvalue weighted by Gasteiger charge is 2.45. The summed E-state index contributed by atoms with van der Waals surface area (Å²) in [6.45, 7) is 2.04. The van der Waals surface area contributed by atoms with Crippen LogP contribution in [0.5, 0.6) is 0 Å². The van der Waals surface area contributed by atoms with Crippen LogP contribution in [0.3, 0.4) is 0 Å². The van der Waals surface area contributed by atoms with Gasteiger partial charge in [0.1, 0.15) is 11.9 Å². The van der Waals surface area contributed by atoms with Crippen molar-refractivity contribution in [1.29, 1.82) is 5.26 Å². The SMILES string of the molecule is CC1CCC(C#N)(C(O)c2cc(Cl)ccc2F)C1. The second-order valence-corrected chi connectivity index (χ2v) is 5.62. The molecule has 3 unspecified atom stereocenters. The largest absolute Gasteiger partial charge is 0.387 e. The van der Waals surface area contributed by atoms with E-state index in [1.54, 1.807) is 0 Å². The Balaban J connectivity index is 2.38. The quantitative estimate of drug-likeness (QED) is 0.885. The molecule has 18 heavy (non-hydrogen) atoms. The molecule has 0 bridgehead atoms. The number of rotatable bonds is 2. The molecule has 0 aliphatic heterocycles. The first-order chi connectivity index (χ1) is 8.48. The van der Waals surface area contributed by atoms with E-state index in [1.807, 2.05) is 6.92 Å². The third-order valence-corrected chi connectivity index (χ3v) is 4.03. The monoisotopic (exact) mass is 267 g/mol. The van der Waals surface area contributed by atoms with Crippen LogP contribution in [-0.4, -0.2) is 5.11 Å². The highest BCUT2D eigenvalue weighted by Crippen LogP contribution is 2.50. The van der Waals surface area contributed by atoms with E-state index in [1.165, 1.54) is 18.2 Å². The Labute approximate surface area is 111 Å². The maximum absolute atomic E-state index is 13.7. The van der Waals surface area contributed by atoms with Gasteiger partial charge in [-0.05, 0) is 43.4 Å². The molecule has 2 rings (SSSR count). The highest BCUT2D eigenvalue weighted by atomic mass is 35.5. The maximum Gasteiger partial charge on any atom is 0.129 e. The molecule has 0 aromatic heterocycles. The zero-order valence-electron chi connectivity index (χ0n) is 10.2. The Morgan fingerprint density at radius 3 is 2.89 bits per heavy atom. The minimum absolute atomic E-state index is 0.123. The lowest BCUT2D eigenvalue weighted by atomic mass is 9.78. The Hall–Kier alpha value is -1.11. The standard InChI is InChI=1S/C14H15ClFNO/c1-9-4-5-14(7-9,8-17)13(18)11-6-10(15)2-3-12(11)16/h2-3,6,9,13,18H,4-5,7H2,1H3. The molecule has 1 N–H and O–H groups in total. The first-order valence-electron chi connectivity index (χ1n) is 6.03. The van der Waals surface area contributed by atoms with Crippen molar-refractivity contribution < 1.29 is 9.50 Å². The molecule has 2 nitrogen and oxygen atoms in total. The number of nitriles is 1. The summed E-state index contributed by atoms with van der Waals surface area (Å²) in [5, 5.41) is 20.1. The van der Waals surface area contributed by atoms with Gasteiger partial charge in [-0.25, -0.2) is 4.39 Å². The molecule has 1 fully saturated rings. The van der Waals surface area contributed by atoms with Gasteiger partial charge in [0.05, 0.1) is 11.5 Å². The van der Waals surface area contributed by atoms with Crippen molar-refractivity contribution in [3.05, 3.63) is 34.6 Å².